The second-order valence-corrected chi connectivity index (χ2v) is 8.02. The van der Waals surface area contributed by atoms with Gasteiger partial charge < -0.3 is 5.32 Å². The molecule has 3 nitrogen and oxygen atoms in total. The van der Waals surface area contributed by atoms with Gasteiger partial charge in [0.1, 0.15) is 10.6 Å². The molecular weight excluding hydrogens is 407 g/mol. The maximum Gasteiger partial charge on any atom is 0.420 e. The third kappa shape index (κ3) is 6.49. The van der Waals surface area contributed by atoms with Crippen molar-refractivity contribution in [3.05, 3.63) is 71.9 Å². The Kier molecular flexibility index (Phi) is 7.74. The summed E-state index contributed by atoms with van der Waals surface area (Å²) in [5.74, 6) is 0.136. The number of benzene rings is 2. The molecule has 30 heavy (non-hydrogen) atoms. The maximum absolute atomic E-state index is 13.4. The highest BCUT2D eigenvalue weighted by Gasteiger charge is 2.35. The van der Waals surface area contributed by atoms with Crippen molar-refractivity contribution in [3.63, 3.8) is 0 Å². The number of halogens is 3. The standard InChI is InChI=1S/C23H24F3N3S/c1-2-3-4-6-9-17-12-14-18(15-13-17)28-22-27-16-20(23(24,25)26)21(29-22)30-19-10-7-5-8-11-19/h5,7-8,10-16H,2-4,6,9H2,1H3,(H,27,28,29). The largest absolute Gasteiger partial charge is 0.420 e. The summed E-state index contributed by atoms with van der Waals surface area (Å²) in [6.07, 6.45) is 2.17. The molecule has 0 saturated carbocycles. The van der Waals surface area contributed by atoms with Crippen molar-refractivity contribution >= 4 is 23.4 Å². The van der Waals surface area contributed by atoms with Crippen molar-refractivity contribution in [2.24, 2.45) is 0 Å². The summed E-state index contributed by atoms with van der Waals surface area (Å²) in [6.45, 7) is 2.19. The van der Waals surface area contributed by atoms with Crippen molar-refractivity contribution in [3.8, 4) is 0 Å². The number of aromatic nitrogens is 2. The average Bonchev–Trinajstić information content (AvgIpc) is 2.72. The van der Waals surface area contributed by atoms with Crippen molar-refractivity contribution in [1.82, 2.24) is 9.97 Å². The third-order valence-corrected chi connectivity index (χ3v) is 5.56. The molecule has 0 fully saturated rings. The molecule has 0 saturated heterocycles. The Balaban J connectivity index is 1.73. The molecular formula is C23H24F3N3S. The normalized spacial score (nSPS) is 11.5. The first-order valence-corrected chi connectivity index (χ1v) is 10.8. The van der Waals surface area contributed by atoms with Crippen LogP contribution in [0.15, 0.2) is 70.7 Å². The minimum absolute atomic E-state index is 0.126. The molecule has 0 amide bonds. The summed E-state index contributed by atoms with van der Waals surface area (Å²) in [7, 11) is 0. The lowest BCUT2D eigenvalue weighted by atomic mass is 10.1. The number of hydrogen-bond donors (Lipinski definition) is 1. The van der Waals surface area contributed by atoms with E-state index in [0.717, 1.165) is 36.5 Å². The van der Waals surface area contributed by atoms with Gasteiger partial charge in [0.25, 0.3) is 0 Å². The van der Waals surface area contributed by atoms with Crippen LogP contribution in [0.3, 0.4) is 0 Å². The van der Waals surface area contributed by atoms with Crippen LogP contribution in [0.25, 0.3) is 0 Å². The van der Waals surface area contributed by atoms with E-state index in [0.29, 0.717) is 4.90 Å². The molecule has 3 aromatic rings. The van der Waals surface area contributed by atoms with Gasteiger partial charge in [0, 0.05) is 16.8 Å². The van der Waals surface area contributed by atoms with Crippen LogP contribution in [0.4, 0.5) is 24.8 Å². The van der Waals surface area contributed by atoms with Crippen LogP contribution in [0, 0.1) is 0 Å². The van der Waals surface area contributed by atoms with Gasteiger partial charge in [-0.15, -0.1) is 0 Å². The Labute approximate surface area is 179 Å². The van der Waals surface area contributed by atoms with Crippen LogP contribution in [-0.4, -0.2) is 9.97 Å². The van der Waals surface area contributed by atoms with Gasteiger partial charge in [0.2, 0.25) is 5.95 Å². The fourth-order valence-corrected chi connectivity index (χ4v) is 3.87. The highest BCUT2D eigenvalue weighted by Crippen LogP contribution is 2.38. The zero-order chi connectivity index (χ0) is 21.4. The summed E-state index contributed by atoms with van der Waals surface area (Å²) in [5, 5.41) is 2.88. The van der Waals surface area contributed by atoms with Crippen molar-refractivity contribution in [1.29, 1.82) is 0 Å². The fourth-order valence-electron chi connectivity index (χ4n) is 2.94. The minimum Gasteiger partial charge on any atom is -0.324 e. The number of anilines is 2. The van der Waals surface area contributed by atoms with E-state index in [9.17, 15) is 13.2 Å². The monoisotopic (exact) mass is 431 g/mol. The minimum atomic E-state index is -4.52. The van der Waals surface area contributed by atoms with Crippen molar-refractivity contribution in [2.75, 3.05) is 5.32 Å². The molecule has 0 atom stereocenters. The maximum atomic E-state index is 13.4. The lowest BCUT2D eigenvalue weighted by Crippen LogP contribution is -2.10. The number of nitrogens with zero attached hydrogens (tertiary/aromatic N) is 2. The van der Waals surface area contributed by atoms with Gasteiger partial charge >= 0.3 is 6.18 Å². The predicted octanol–water partition coefficient (Wildman–Crippen LogP) is 7.51. The van der Waals surface area contributed by atoms with E-state index >= 15 is 0 Å². The lowest BCUT2D eigenvalue weighted by molar-refractivity contribution is -0.140. The number of hydrogen-bond acceptors (Lipinski definition) is 4. The first kappa shape index (κ1) is 22.2. The second-order valence-electron chi connectivity index (χ2n) is 6.96. The second kappa shape index (κ2) is 10.5. The zero-order valence-corrected chi connectivity index (χ0v) is 17.6. The Morgan fingerprint density at radius 1 is 0.933 bits per heavy atom. The summed E-state index contributed by atoms with van der Waals surface area (Å²) in [6, 6.07) is 16.7. The molecule has 0 bridgehead atoms. The van der Waals surface area contributed by atoms with Crippen LogP contribution in [0.1, 0.15) is 43.7 Å². The van der Waals surface area contributed by atoms with Gasteiger partial charge in [-0.05, 0) is 42.7 Å². The molecule has 0 aliphatic carbocycles. The molecule has 0 aliphatic heterocycles. The van der Waals surface area contributed by atoms with Crippen LogP contribution >= 0.6 is 11.8 Å². The van der Waals surface area contributed by atoms with E-state index in [1.54, 1.807) is 24.3 Å². The van der Waals surface area contributed by atoms with Gasteiger partial charge in [0.15, 0.2) is 0 Å². The molecule has 158 valence electrons. The summed E-state index contributed by atoms with van der Waals surface area (Å²) < 4.78 is 40.2. The molecule has 1 aromatic heterocycles. The Morgan fingerprint density at radius 3 is 2.33 bits per heavy atom. The van der Waals surface area contributed by atoms with Crippen LogP contribution in [0.2, 0.25) is 0 Å². The molecule has 7 heteroatoms. The molecule has 2 aromatic carbocycles. The van der Waals surface area contributed by atoms with E-state index in [4.69, 9.17) is 0 Å². The van der Waals surface area contributed by atoms with Gasteiger partial charge in [-0.25, -0.2) is 9.97 Å². The van der Waals surface area contributed by atoms with E-state index in [2.05, 4.69) is 22.2 Å². The number of nitrogens with one attached hydrogen (secondary N) is 1. The van der Waals surface area contributed by atoms with Crippen LogP contribution in [-0.2, 0) is 12.6 Å². The van der Waals surface area contributed by atoms with Gasteiger partial charge in [-0.3, -0.25) is 0 Å². The predicted molar refractivity (Wildman–Crippen MR) is 115 cm³/mol. The first-order valence-electron chi connectivity index (χ1n) is 9.99. The smallest absolute Gasteiger partial charge is 0.324 e. The quantitative estimate of drug-likeness (QED) is 0.281. The van der Waals surface area contributed by atoms with Crippen LogP contribution < -0.4 is 5.32 Å². The number of aryl methyl sites for hydroxylation is 1. The molecule has 3 rings (SSSR count). The van der Waals surface area contributed by atoms with Gasteiger partial charge in [-0.1, -0.05) is 68.3 Å². The van der Waals surface area contributed by atoms with E-state index in [1.807, 2.05) is 30.3 Å². The van der Waals surface area contributed by atoms with E-state index in [-0.39, 0.29) is 11.0 Å². The number of unbranched alkanes of at least 4 members (excludes halogenated alkanes) is 3. The molecule has 0 aliphatic rings. The summed E-state index contributed by atoms with van der Waals surface area (Å²) >= 11 is 0.970. The van der Waals surface area contributed by atoms with Crippen molar-refractivity contribution < 1.29 is 13.2 Å². The molecule has 0 unspecified atom stereocenters. The highest BCUT2D eigenvalue weighted by atomic mass is 32.2. The van der Waals surface area contributed by atoms with E-state index < -0.39 is 11.7 Å². The van der Waals surface area contributed by atoms with E-state index in [1.165, 1.54) is 24.8 Å². The van der Waals surface area contributed by atoms with Crippen LogP contribution in [0.5, 0.6) is 0 Å². The Bertz CT molecular complexity index is 929. The summed E-state index contributed by atoms with van der Waals surface area (Å²) in [4.78, 5) is 8.70. The molecule has 0 radical (unpaired) electrons. The number of rotatable bonds is 9. The lowest BCUT2D eigenvalue weighted by Gasteiger charge is -2.13. The number of alkyl halides is 3. The van der Waals surface area contributed by atoms with Crippen molar-refractivity contribution in [2.45, 2.75) is 55.1 Å². The molecule has 1 N–H and O–H groups in total. The average molecular weight is 432 g/mol. The SMILES string of the molecule is CCCCCCc1ccc(Nc2ncc(C(F)(F)F)c(Sc3ccccc3)n2)cc1. The molecule has 1 heterocycles. The third-order valence-electron chi connectivity index (χ3n) is 4.55. The fraction of sp³-hybridized carbons (Fsp3) is 0.304. The Morgan fingerprint density at radius 2 is 1.67 bits per heavy atom. The Hall–Kier alpha value is -2.54. The zero-order valence-electron chi connectivity index (χ0n) is 16.7. The molecule has 0 spiro atoms. The highest BCUT2D eigenvalue weighted by molar-refractivity contribution is 7.99. The van der Waals surface area contributed by atoms with Gasteiger partial charge in [-0.2, -0.15) is 13.2 Å². The van der Waals surface area contributed by atoms with Gasteiger partial charge in [0.05, 0.1) is 0 Å². The topological polar surface area (TPSA) is 37.8 Å². The summed E-state index contributed by atoms with van der Waals surface area (Å²) in [5.41, 5.74) is 1.14. The first-order chi connectivity index (χ1) is 14.5.